The van der Waals surface area contributed by atoms with Crippen LogP contribution in [0.4, 0.5) is 10.2 Å². The van der Waals surface area contributed by atoms with Crippen LogP contribution in [-0.4, -0.2) is 46.7 Å². The summed E-state index contributed by atoms with van der Waals surface area (Å²) in [5.74, 6) is -1.92. The molecule has 0 amide bonds. The van der Waals surface area contributed by atoms with Gasteiger partial charge in [0.05, 0.1) is 12.1 Å². The van der Waals surface area contributed by atoms with Crippen LogP contribution >= 0.6 is 11.6 Å². The highest BCUT2D eigenvalue weighted by Crippen LogP contribution is 2.34. The number of benzene rings is 1. The third-order valence-corrected chi connectivity index (χ3v) is 4.46. The van der Waals surface area contributed by atoms with E-state index in [-0.39, 0.29) is 29.1 Å². The summed E-state index contributed by atoms with van der Waals surface area (Å²) in [5, 5.41) is 9.10. The molecule has 9 heteroatoms. The van der Waals surface area contributed by atoms with Gasteiger partial charge in [-0.15, -0.1) is 0 Å². The van der Waals surface area contributed by atoms with Gasteiger partial charge in [-0.05, 0) is 31.5 Å². The molecular weight excluding hydrogens is 365 g/mol. The first-order valence-electron chi connectivity index (χ1n) is 7.75. The average molecular weight is 380 g/mol. The van der Waals surface area contributed by atoms with E-state index in [0.29, 0.717) is 23.4 Å². The molecule has 1 aliphatic heterocycles. The molecule has 2 heterocycles. The Morgan fingerprint density at radius 3 is 2.77 bits per heavy atom. The van der Waals surface area contributed by atoms with E-state index in [1.165, 1.54) is 19.2 Å². The van der Waals surface area contributed by atoms with E-state index in [2.05, 4.69) is 9.97 Å². The average Bonchev–Trinajstić information content (AvgIpc) is 2.91. The second-order valence-electron chi connectivity index (χ2n) is 5.89. The van der Waals surface area contributed by atoms with Crippen molar-refractivity contribution in [1.82, 2.24) is 9.97 Å². The molecule has 1 aliphatic rings. The summed E-state index contributed by atoms with van der Waals surface area (Å²) in [5.41, 5.74) is 0.876. The molecule has 0 fully saturated rings. The van der Waals surface area contributed by atoms with Crippen molar-refractivity contribution in [2.75, 3.05) is 18.6 Å². The Bertz CT molecular complexity index is 906. The lowest BCUT2D eigenvalue weighted by molar-refractivity contribution is -0.135. The molecule has 0 saturated carbocycles. The van der Waals surface area contributed by atoms with Crippen LogP contribution < -0.4 is 4.90 Å². The van der Waals surface area contributed by atoms with E-state index in [4.69, 9.17) is 21.4 Å². The summed E-state index contributed by atoms with van der Waals surface area (Å²) in [6.07, 6.45) is 0.405. The Morgan fingerprint density at radius 1 is 1.42 bits per heavy atom. The maximum absolute atomic E-state index is 13.8. The maximum atomic E-state index is 13.8. The molecule has 0 radical (unpaired) electrons. The van der Waals surface area contributed by atoms with Crippen LogP contribution in [-0.2, 0) is 16.0 Å². The van der Waals surface area contributed by atoms with Crippen LogP contribution in [0.3, 0.4) is 0 Å². The molecule has 3 rings (SSSR count). The zero-order valence-electron chi connectivity index (χ0n) is 14.0. The van der Waals surface area contributed by atoms with Gasteiger partial charge in [0.2, 0.25) is 0 Å². The number of fused-ring (bicyclic) bond motifs is 1. The fourth-order valence-electron chi connectivity index (χ4n) is 2.92. The molecule has 7 nitrogen and oxygen atoms in total. The summed E-state index contributed by atoms with van der Waals surface area (Å²) in [7, 11) is 1.23. The summed E-state index contributed by atoms with van der Waals surface area (Å²) >= 11 is 5.70. The molecule has 1 N–H and O–H groups in total. The van der Waals surface area contributed by atoms with Gasteiger partial charge in [0.15, 0.2) is 11.5 Å². The minimum Gasteiger partial charge on any atom is -0.480 e. The molecule has 1 unspecified atom stereocenters. The van der Waals surface area contributed by atoms with Gasteiger partial charge in [-0.3, -0.25) is 4.79 Å². The van der Waals surface area contributed by atoms with E-state index in [1.807, 2.05) is 6.92 Å². The van der Waals surface area contributed by atoms with Gasteiger partial charge in [0, 0.05) is 17.2 Å². The molecule has 0 saturated heterocycles. The second-order valence-corrected chi connectivity index (χ2v) is 6.30. The molecule has 2 aromatic rings. The number of halogens is 2. The van der Waals surface area contributed by atoms with Gasteiger partial charge in [0.25, 0.3) is 0 Å². The predicted molar refractivity (Wildman–Crippen MR) is 91.9 cm³/mol. The Labute approximate surface area is 153 Å². The zero-order valence-corrected chi connectivity index (χ0v) is 14.7. The summed E-state index contributed by atoms with van der Waals surface area (Å²) in [4.78, 5) is 33.5. The molecule has 1 aromatic carbocycles. The number of ether oxygens (including phenoxy) is 1. The SMILES string of the molecule is COC(=O)c1nc(-c2ccc(Cl)c(F)c2)nc2c1CC(C)N2CC(=O)O. The Morgan fingerprint density at radius 2 is 2.15 bits per heavy atom. The van der Waals surface area contributed by atoms with Gasteiger partial charge in [-0.1, -0.05) is 11.6 Å². The number of nitrogens with zero attached hydrogens (tertiary/aromatic N) is 3. The van der Waals surface area contributed by atoms with E-state index in [1.54, 1.807) is 4.90 Å². The topological polar surface area (TPSA) is 92.6 Å². The van der Waals surface area contributed by atoms with Crippen LogP contribution in [0.1, 0.15) is 23.0 Å². The standard InChI is InChI=1S/C17H15ClFN3O4/c1-8-5-10-14(17(25)26-2)20-15(9-3-4-11(18)12(19)6-9)21-16(10)22(8)7-13(23)24/h3-4,6,8H,5,7H2,1-2H3,(H,23,24). The third kappa shape index (κ3) is 3.20. The molecule has 0 spiro atoms. The minimum atomic E-state index is -1.03. The van der Waals surface area contributed by atoms with E-state index in [0.717, 1.165) is 6.07 Å². The van der Waals surface area contributed by atoms with Crippen molar-refractivity contribution in [2.45, 2.75) is 19.4 Å². The molecule has 26 heavy (non-hydrogen) atoms. The van der Waals surface area contributed by atoms with Gasteiger partial charge >= 0.3 is 11.9 Å². The summed E-state index contributed by atoms with van der Waals surface area (Å²) in [6, 6.07) is 3.85. The number of methoxy groups -OCH3 is 1. The number of carbonyl (C=O) groups excluding carboxylic acids is 1. The van der Waals surface area contributed by atoms with E-state index >= 15 is 0 Å². The Balaban J connectivity index is 2.19. The quantitative estimate of drug-likeness (QED) is 0.816. The lowest BCUT2D eigenvalue weighted by Crippen LogP contribution is -2.34. The van der Waals surface area contributed by atoms with Crippen molar-refractivity contribution in [3.05, 3.63) is 40.3 Å². The van der Waals surface area contributed by atoms with Crippen LogP contribution in [0.25, 0.3) is 11.4 Å². The van der Waals surface area contributed by atoms with Crippen LogP contribution in [0.15, 0.2) is 18.2 Å². The smallest absolute Gasteiger partial charge is 0.357 e. The highest BCUT2D eigenvalue weighted by atomic mass is 35.5. The minimum absolute atomic E-state index is 0.0441. The molecule has 1 atom stereocenters. The highest BCUT2D eigenvalue weighted by molar-refractivity contribution is 6.30. The van der Waals surface area contributed by atoms with Crippen LogP contribution in [0.2, 0.25) is 5.02 Å². The van der Waals surface area contributed by atoms with Crippen molar-refractivity contribution < 1.29 is 23.8 Å². The fraction of sp³-hybridized carbons (Fsp3) is 0.294. The van der Waals surface area contributed by atoms with Crippen LogP contribution in [0.5, 0.6) is 0 Å². The normalized spacial score (nSPS) is 15.7. The number of aliphatic carboxylic acids is 1. The third-order valence-electron chi connectivity index (χ3n) is 4.15. The molecular formula is C17H15ClFN3O4. The fourth-order valence-corrected chi connectivity index (χ4v) is 3.04. The maximum Gasteiger partial charge on any atom is 0.357 e. The number of rotatable bonds is 4. The number of hydrogen-bond donors (Lipinski definition) is 1. The molecule has 136 valence electrons. The van der Waals surface area contributed by atoms with Crippen molar-refractivity contribution in [3.8, 4) is 11.4 Å². The summed E-state index contributed by atoms with van der Waals surface area (Å²) in [6.45, 7) is 1.55. The first-order chi connectivity index (χ1) is 12.3. The largest absolute Gasteiger partial charge is 0.480 e. The molecule has 1 aromatic heterocycles. The Kier molecular flexibility index (Phi) is 4.78. The van der Waals surface area contributed by atoms with Gasteiger partial charge in [0.1, 0.15) is 18.2 Å². The number of esters is 1. The van der Waals surface area contributed by atoms with Crippen molar-refractivity contribution in [2.24, 2.45) is 0 Å². The first-order valence-corrected chi connectivity index (χ1v) is 8.12. The number of hydrogen-bond acceptors (Lipinski definition) is 6. The monoisotopic (exact) mass is 379 g/mol. The lowest BCUT2D eigenvalue weighted by Gasteiger charge is -2.21. The van der Waals surface area contributed by atoms with Gasteiger partial charge in [-0.2, -0.15) is 0 Å². The predicted octanol–water partition coefficient (Wildman–Crippen LogP) is 2.56. The van der Waals surface area contributed by atoms with Crippen molar-refractivity contribution in [1.29, 1.82) is 0 Å². The first kappa shape index (κ1) is 18.1. The van der Waals surface area contributed by atoms with E-state index < -0.39 is 17.8 Å². The highest BCUT2D eigenvalue weighted by Gasteiger charge is 2.34. The number of carbonyl (C=O) groups is 2. The van der Waals surface area contributed by atoms with Crippen molar-refractivity contribution >= 4 is 29.4 Å². The van der Waals surface area contributed by atoms with Crippen LogP contribution in [0, 0.1) is 5.82 Å². The van der Waals surface area contributed by atoms with Gasteiger partial charge in [-0.25, -0.2) is 19.2 Å². The van der Waals surface area contributed by atoms with Gasteiger partial charge < -0.3 is 14.7 Å². The zero-order chi connectivity index (χ0) is 19.0. The second kappa shape index (κ2) is 6.87. The lowest BCUT2D eigenvalue weighted by atomic mass is 10.1. The Hall–Kier alpha value is -2.74. The number of carboxylic acid groups (broad SMARTS) is 1. The number of carboxylic acids is 1. The molecule has 0 aliphatic carbocycles. The van der Waals surface area contributed by atoms with Crippen molar-refractivity contribution in [3.63, 3.8) is 0 Å². The number of aromatic nitrogens is 2. The van der Waals surface area contributed by atoms with E-state index in [9.17, 15) is 14.0 Å². The number of anilines is 1. The summed E-state index contributed by atoms with van der Waals surface area (Å²) < 4.78 is 18.6. The molecule has 0 bridgehead atoms.